The fourth-order valence-electron chi connectivity index (χ4n) is 4.16. The predicted octanol–water partition coefficient (Wildman–Crippen LogP) is 6.24. The summed E-state index contributed by atoms with van der Waals surface area (Å²) in [6, 6.07) is 35.9. The van der Waals surface area contributed by atoms with Gasteiger partial charge in [-0.2, -0.15) is 0 Å². The van der Waals surface area contributed by atoms with E-state index in [0.717, 1.165) is 28.1 Å². The number of nitrogens with zero attached hydrogens (tertiary/aromatic N) is 3. The van der Waals surface area contributed by atoms with E-state index in [0.29, 0.717) is 14.5 Å². The first-order valence-electron chi connectivity index (χ1n) is 10.1. The molecule has 6 aromatic rings. The van der Waals surface area contributed by atoms with Crippen LogP contribution in [-0.4, -0.2) is 29.9 Å². The van der Waals surface area contributed by atoms with Crippen LogP contribution in [0.4, 0.5) is 0 Å². The second-order valence-corrected chi connectivity index (χ2v) is 9.64. The molecule has 0 aliphatic heterocycles. The molecule has 31 heavy (non-hydrogen) atoms. The van der Waals surface area contributed by atoms with E-state index in [2.05, 4.69) is 82.1 Å². The summed E-state index contributed by atoms with van der Waals surface area (Å²) in [5, 5.41) is 15.9. The summed E-state index contributed by atoms with van der Waals surface area (Å²) in [5.41, 5.74) is 6.01. The van der Waals surface area contributed by atoms with Gasteiger partial charge in [0.1, 0.15) is 0 Å². The third-order valence-corrected chi connectivity index (χ3v) is 7.91. The topological polar surface area (TPSA) is 38.7 Å². The summed E-state index contributed by atoms with van der Waals surface area (Å²) in [6.45, 7) is 0. The maximum absolute atomic E-state index is 4.54. The van der Waals surface area contributed by atoms with Crippen molar-refractivity contribution in [1.82, 2.24) is 15.4 Å². The van der Waals surface area contributed by atoms with Gasteiger partial charge in [-0.3, -0.25) is 0 Å². The maximum atomic E-state index is 4.54. The van der Waals surface area contributed by atoms with Gasteiger partial charge in [-0.15, -0.1) is 0 Å². The quantitative estimate of drug-likeness (QED) is 0.293. The minimum absolute atomic E-state index is 0.301. The van der Waals surface area contributed by atoms with E-state index in [1.807, 2.05) is 36.4 Å². The van der Waals surface area contributed by atoms with Crippen molar-refractivity contribution in [3.8, 4) is 33.6 Å². The van der Waals surface area contributed by atoms with Crippen LogP contribution in [0.25, 0.3) is 52.9 Å². The van der Waals surface area contributed by atoms with E-state index in [-0.39, 0.29) is 0 Å². The molecule has 2 aromatic heterocycles. The molecular formula is C27H17N3Se. The first-order valence-corrected chi connectivity index (χ1v) is 11.9. The van der Waals surface area contributed by atoms with E-state index in [4.69, 9.17) is 0 Å². The van der Waals surface area contributed by atoms with Gasteiger partial charge in [-0.05, 0) is 0 Å². The molecule has 2 heterocycles. The Morgan fingerprint density at radius 2 is 1.10 bits per heavy atom. The Morgan fingerprint density at radius 1 is 0.516 bits per heavy atom. The molecule has 0 fully saturated rings. The average Bonchev–Trinajstić information content (AvgIpc) is 3.24. The van der Waals surface area contributed by atoms with Crippen LogP contribution in [-0.2, 0) is 0 Å². The first kappa shape index (κ1) is 18.2. The van der Waals surface area contributed by atoms with Gasteiger partial charge in [0.05, 0.1) is 0 Å². The standard InChI is InChI=1S/C27H17N3Se/c1-3-10-18(11-4-1)26-25(27(29-30-28-26)19-12-5-2-6-13-19)21-15-9-17-23-24(21)20-14-7-8-16-22(20)31-23/h1-17H. The van der Waals surface area contributed by atoms with Crippen molar-refractivity contribution in [3.63, 3.8) is 0 Å². The van der Waals surface area contributed by atoms with Crippen LogP contribution >= 0.6 is 0 Å². The van der Waals surface area contributed by atoms with Gasteiger partial charge >= 0.3 is 186 Å². The number of fused-ring (bicyclic) bond motifs is 3. The Kier molecular flexibility index (Phi) is 4.45. The van der Waals surface area contributed by atoms with Crippen LogP contribution < -0.4 is 0 Å². The third kappa shape index (κ3) is 3.09. The van der Waals surface area contributed by atoms with E-state index in [1.54, 1.807) is 0 Å². The predicted molar refractivity (Wildman–Crippen MR) is 128 cm³/mol. The van der Waals surface area contributed by atoms with Gasteiger partial charge in [-0.1, -0.05) is 0 Å². The van der Waals surface area contributed by atoms with Crippen molar-refractivity contribution in [3.05, 3.63) is 103 Å². The van der Waals surface area contributed by atoms with Crippen LogP contribution in [0.15, 0.2) is 103 Å². The third-order valence-electron chi connectivity index (χ3n) is 5.53. The molecule has 0 radical (unpaired) electrons. The van der Waals surface area contributed by atoms with Crippen LogP contribution in [0, 0.1) is 0 Å². The van der Waals surface area contributed by atoms with E-state index >= 15 is 0 Å². The molecule has 146 valence electrons. The number of hydrogen-bond acceptors (Lipinski definition) is 3. The monoisotopic (exact) mass is 463 g/mol. The van der Waals surface area contributed by atoms with Gasteiger partial charge < -0.3 is 0 Å². The van der Waals surface area contributed by atoms with Crippen LogP contribution in [0.1, 0.15) is 0 Å². The molecule has 4 aromatic carbocycles. The van der Waals surface area contributed by atoms with Gasteiger partial charge in [0.25, 0.3) is 0 Å². The van der Waals surface area contributed by atoms with Crippen LogP contribution in [0.2, 0.25) is 0 Å². The van der Waals surface area contributed by atoms with Crippen molar-refractivity contribution in [2.24, 2.45) is 0 Å². The molecule has 0 amide bonds. The molecule has 0 saturated heterocycles. The molecule has 0 bridgehead atoms. The molecule has 3 nitrogen and oxygen atoms in total. The SMILES string of the molecule is c1ccc(-c2nnnc(-c3ccccc3)c2-c2cccc3[se]c4ccccc4c23)cc1. The fraction of sp³-hybridized carbons (Fsp3) is 0. The minimum atomic E-state index is 0.301. The van der Waals surface area contributed by atoms with Gasteiger partial charge in [0.15, 0.2) is 0 Å². The molecule has 4 heteroatoms. The van der Waals surface area contributed by atoms with E-state index in [9.17, 15) is 0 Å². The van der Waals surface area contributed by atoms with Crippen LogP contribution in [0.5, 0.6) is 0 Å². The molecule has 0 saturated carbocycles. The van der Waals surface area contributed by atoms with Crippen molar-refractivity contribution in [1.29, 1.82) is 0 Å². The summed E-state index contributed by atoms with van der Waals surface area (Å²) in [5.74, 6) is 0. The number of aromatic nitrogens is 3. The molecule has 0 N–H and O–H groups in total. The second-order valence-electron chi connectivity index (χ2n) is 7.37. The molecular weight excluding hydrogens is 445 g/mol. The Bertz CT molecular complexity index is 1460. The van der Waals surface area contributed by atoms with Crippen molar-refractivity contribution in [2.75, 3.05) is 0 Å². The molecule has 0 atom stereocenters. The summed E-state index contributed by atoms with van der Waals surface area (Å²) in [4.78, 5) is 0. The summed E-state index contributed by atoms with van der Waals surface area (Å²) in [6.07, 6.45) is 0. The zero-order valence-corrected chi connectivity index (χ0v) is 18.3. The Morgan fingerprint density at radius 3 is 1.77 bits per heavy atom. The van der Waals surface area contributed by atoms with Crippen molar-refractivity contribution in [2.45, 2.75) is 0 Å². The van der Waals surface area contributed by atoms with Gasteiger partial charge in [0, 0.05) is 0 Å². The van der Waals surface area contributed by atoms with Gasteiger partial charge in [-0.25, -0.2) is 0 Å². The zero-order chi connectivity index (χ0) is 20.6. The van der Waals surface area contributed by atoms with Crippen LogP contribution in [0.3, 0.4) is 0 Å². The van der Waals surface area contributed by atoms with Gasteiger partial charge in [0.2, 0.25) is 0 Å². The Labute approximate surface area is 185 Å². The fourth-order valence-corrected chi connectivity index (χ4v) is 6.53. The summed E-state index contributed by atoms with van der Waals surface area (Å²) in [7, 11) is 0. The zero-order valence-electron chi connectivity index (χ0n) is 16.6. The molecule has 0 unspecified atom stereocenters. The van der Waals surface area contributed by atoms with Crippen molar-refractivity contribution < 1.29 is 0 Å². The summed E-state index contributed by atoms with van der Waals surface area (Å²) >= 11 is 0.301. The number of hydrogen-bond donors (Lipinski definition) is 0. The first-order chi connectivity index (χ1) is 15.4. The van der Waals surface area contributed by atoms with E-state index < -0.39 is 0 Å². The molecule has 6 rings (SSSR count). The average molecular weight is 462 g/mol. The Balaban J connectivity index is 1.76. The second kappa shape index (κ2) is 7.59. The molecule has 0 spiro atoms. The van der Waals surface area contributed by atoms with Crippen molar-refractivity contribution >= 4 is 33.8 Å². The molecule has 0 aliphatic carbocycles. The normalized spacial score (nSPS) is 11.2. The Hall–Kier alpha value is -3.59. The number of rotatable bonds is 3. The summed E-state index contributed by atoms with van der Waals surface area (Å²) < 4.78 is 2.83. The molecule has 0 aliphatic rings. The van der Waals surface area contributed by atoms with E-state index in [1.165, 1.54) is 24.9 Å². The number of benzene rings is 4.